The van der Waals surface area contributed by atoms with Crippen LogP contribution in [0.15, 0.2) is 84.0 Å². The van der Waals surface area contributed by atoms with E-state index in [-0.39, 0.29) is 5.91 Å². The lowest BCUT2D eigenvalue weighted by Gasteiger charge is -2.04. The SMILES string of the molecule is O=C(NN=Cc1ccccc1Cl)c1ccc(-c2ccccc2)cc1. The largest absolute Gasteiger partial charge is 0.271 e. The third-order valence-corrected chi connectivity index (χ3v) is 3.87. The molecular weight excluding hydrogens is 320 g/mol. The lowest BCUT2D eigenvalue weighted by Crippen LogP contribution is -2.17. The molecule has 0 aromatic heterocycles. The molecule has 0 aliphatic heterocycles. The minimum absolute atomic E-state index is 0.266. The molecule has 3 nitrogen and oxygen atoms in total. The van der Waals surface area contributed by atoms with Crippen LogP contribution in [0.5, 0.6) is 0 Å². The highest BCUT2D eigenvalue weighted by Crippen LogP contribution is 2.19. The zero-order valence-corrected chi connectivity index (χ0v) is 13.6. The van der Waals surface area contributed by atoms with Crippen molar-refractivity contribution in [2.45, 2.75) is 0 Å². The van der Waals surface area contributed by atoms with E-state index < -0.39 is 0 Å². The zero-order valence-electron chi connectivity index (χ0n) is 12.8. The molecule has 0 fully saturated rings. The molecule has 3 aromatic rings. The van der Waals surface area contributed by atoms with E-state index in [0.717, 1.165) is 16.7 Å². The molecule has 0 heterocycles. The summed E-state index contributed by atoms with van der Waals surface area (Å²) >= 11 is 6.03. The Morgan fingerprint density at radius 1 is 0.833 bits per heavy atom. The molecule has 0 unspecified atom stereocenters. The maximum Gasteiger partial charge on any atom is 0.271 e. The highest BCUT2D eigenvalue weighted by molar-refractivity contribution is 6.33. The van der Waals surface area contributed by atoms with Crippen LogP contribution in [0.4, 0.5) is 0 Å². The molecule has 24 heavy (non-hydrogen) atoms. The minimum atomic E-state index is -0.266. The molecule has 0 spiro atoms. The average Bonchev–Trinajstić information content (AvgIpc) is 2.64. The predicted molar refractivity (Wildman–Crippen MR) is 98.4 cm³/mol. The fourth-order valence-electron chi connectivity index (χ4n) is 2.25. The van der Waals surface area contributed by atoms with Crippen molar-refractivity contribution in [1.82, 2.24) is 5.43 Å². The molecule has 118 valence electrons. The van der Waals surface area contributed by atoms with Gasteiger partial charge in [-0.15, -0.1) is 0 Å². The number of nitrogens with one attached hydrogen (secondary N) is 1. The first-order valence-electron chi connectivity index (χ1n) is 7.47. The monoisotopic (exact) mass is 334 g/mol. The standard InChI is InChI=1S/C20H15ClN2O/c21-19-9-5-4-8-18(19)14-22-23-20(24)17-12-10-16(11-13-17)15-6-2-1-3-7-15/h1-14H,(H,23,24). The van der Waals surface area contributed by atoms with Gasteiger partial charge >= 0.3 is 0 Å². The Labute approximate surface area is 145 Å². The lowest BCUT2D eigenvalue weighted by molar-refractivity contribution is 0.0955. The Morgan fingerprint density at radius 2 is 1.46 bits per heavy atom. The predicted octanol–water partition coefficient (Wildman–Crippen LogP) is 4.77. The molecule has 1 N–H and O–H groups in total. The summed E-state index contributed by atoms with van der Waals surface area (Å²) in [5.41, 5.74) is 5.98. The number of nitrogens with zero attached hydrogens (tertiary/aromatic N) is 1. The molecular formula is C20H15ClN2O. The number of benzene rings is 3. The molecule has 4 heteroatoms. The van der Waals surface area contributed by atoms with Gasteiger partial charge in [-0.2, -0.15) is 5.10 Å². The summed E-state index contributed by atoms with van der Waals surface area (Å²) in [6.45, 7) is 0. The van der Waals surface area contributed by atoms with E-state index in [0.29, 0.717) is 10.6 Å². The van der Waals surface area contributed by atoms with Gasteiger partial charge in [0.05, 0.1) is 6.21 Å². The van der Waals surface area contributed by atoms with Crippen molar-refractivity contribution < 1.29 is 4.79 Å². The fraction of sp³-hybridized carbons (Fsp3) is 0. The molecule has 0 aliphatic carbocycles. The van der Waals surface area contributed by atoms with Crippen molar-refractivity contribution in [2.75, 3.05) is 0 Å². The number of hydrogen-bond donors (Lipinski definition) is 1. The van der Waals surface area contributed by atoms with Crippen LogP contribution in [0.25, 0.3) is 11.1 Å². The van der Waals surface area contributed by atoms with Crippen LogP contribution in [0.3, 0.4) is 0 Å². The second-order valence-electron chi connectivity index (χ2n) is 5.16. The number of hydrogen-bond acceptors (Lipinski definition) is 2. The van der Waals surface area contributed by atoms with Crippen LogP contribution in [0, 0.1) is 0 Å². The minimum Gasteiger partial charge on any atom is -0.267 e. The van der Waals surface area contributed by atoms with Crippen LogP contribution in [-0.2, 0) is 0 Å². The summed E-state index contributed by atoms with van der Waals surface area (Å²) in [5.74, 6) is -0.266. The molecule has 0 saturated heterocycles. The van der Waals surface area contributed by atoms with E-state index in [4.69, 9.17) is 11.6 Å². The topological polar surface area (TPSA) is 41.5 Å². The van der Waals surface area contributed by atoms with Crippen molar-refractivity contribution in [2.24, 2.45) is 5.10 Å². The van der Waals surface area contributed by atoms with E-state index in [9.17, 15) is 4.79 Å². The number of carbonyl (C=O) groups is 1. The highest BCUT2D eigenvalue weighted by atomic mass is 35.5. The number of rotatable bonds is 4. The van der Waals surface area contributed by atoms with Crippen molar-refractivity contribution in [3.05, 3.63) is 95.0 Å². The van der Waals surface area contributed by atoms with Gasteiger partial charge in [0.2, 0.25) is 0 Å². The van der Waals surface area contributed by atoms with Gasteiger partial charge in [0.1, 0.15) is 0 Å². The Balaban J connectivity index is 1.66. The summed E-state index contributed by atoms with van der Waals surface area (Å²) in [6, 6.07) is 24.7. The number of halogens is 1. The highest BCUT2D eigenvalue weighted by Gasteiger charge is 2.05. The zero-order chi connectivity index (χ0) is 16.8. The third kappa shape index (κ3) is 3.89. The van der Waals surface area contributed by atoms with Crippen LogP contribution in [0.2, 0.25) is 5.02 Å². The maximum atomic E-state index is 12.1. The number of hydrazone groups is 1. The quantitative estimate of drug-likeness (QED) is 0.542. The Morgan fingerprint density at radius 3 is 2.17 bits per heavy atom. The van der Waals surface area contributed by atoms with Gasteiger partial charge in [0, 0.05) is 16.1 Å². The molecule has 3 rings (SSSR count). The second kappa shape index (κ2) is 7.57. The summed E-state index contributed by atoms with van der Waals surface area (Å²) < 4.78 is 0. The Hall–Kier alpha value is -2.91. The van der Waals surface area contributed by atoms with Gasteiger partial charge < -0.3 is 0 Å². The normalized spacial score (nSPS) is 10.7. The molecule has 0 atom stereocenters. The molecule has 3 aromatic carbocycles. The van der Waals surface area contributed by atoms with E-state index in [1.54, 1.807) is 18.2 Å². The summed E-state index contributed by atoms with van der Waals surface area (Å²) in [7, 11) is 0. The van der Waals surface area contributed by atoms with Crippen molar-refractivity contribution in [1.29, 1.82) is 0 Å². The van der Waals surface area contributed by atoms with Crippen LogP contribution < -0.4 is 5.43 Å². The summed E-state index contributed by atoms with van der Waals surface area (Å²) in [5, 5.41) is 4.54. The number of carbonyl (C=O) groups excluding carboxylic acids is 1. The van der Waals surface area contributed by atoms with Gasteiger partial charge in [-0.1, -0.05) is 72.3 Å². The van der Waals surface area contributed by atoms with Crippen molar-refractivity contribution in [3.63, 3.8) is 0 Å². The van der Waals surface area contributed by atoms with Crippen molar-refractivity contribution >= 4 is 23.7 Å². The lowest BCUT2D eigenvalue weighted by atomic mass is 10.0. The van der Waals surface area contributed by atoms with Crippen LogP contribution >= 0.6 is 11.6 Å². The first kappa shape index (κ1) is 16.0. The van der Waals surface area contributed by atoms with Crippen LogP contribution in [0.1, 0.15) is 15.9 Å². The van der Waals surface area contributed by atoms with E-state index in [2.05, 4.69) is 10.5 Å². The molecule has 0 aliphatic rings. The Kier molecular flexibility index (Phi) is 5.04. The van der Waals surface area contributed by atoms with E-state index in [1.807, 2.05) is 60.7 Å². The van der Waals surface area contributed by atoms with E-state index >= 15 is 0 Å². The maximum absolute atomic E-state index is 12.1. The fourth-order valence-corrected chi connectivity index (χ4v) is 2.43. The third-order valence-electron chi connectivity index (χ3n) is 3.53. The van der Waals surface area contributed by atoms with Crippen molar-refractivity contribution in [3.8, 4) is 11.1 Å². The van der Waals surface area contributed by atoms with Gasteiger partial charge in [-0.25, -0.2) is 5.43 Å². The molecule has 1 amide bonds. The molecule has 0 bridgehead atoms. The van der Waals surface area contributed by atoms with Gasteiger partial charge in [0.25, 0.3) is 5.91 Å². The molecule has 0 saturated carbocycles. The molecule has 0 radical (unpaired) electrons. The average molecular weight is 335 g/mol. The first-order chi connectivity index (χ1) is 11.7. The van der Waals surface area contributed by atoms with Gasteiger partial charge in [-0.3, -0.25) is 4.79 Å². The summed E-state index contributed by atoms with van der Waals surface area (Å²) in [4.78, 5) is 12.1. The Bertz CT molecular complexity index is 858. The van der Waals surface area contributed by atoms with E-state index in [1.165, 1.54) is 6.21 Å². The van der Waals surface area contributed by atoms with Gasteiger partial charge in [0.15, 0.2) is 0 Å². The van der Waals surface area contributed by atoms with Crippen LogP contribution in [-0.4, -0.2) is 12.1 Å². The first-order valence-corrected chi connectivity index (χ1v) is 7.85. The second-order valence-corrected chi connectivity index (χ2v) is 5.57. The summed E-state index contributed by atoms with van der Waals surface area (Å²) in [6.07, 6.45) is 1.53. The smallest absolute Gasteiger partial charge is 0.267 e. The number of amides is 1. The van der Waals surface area contributed by atoms with Gasteiger partial charge in [-0.05, 0) is 29.3 Å².